The molecular formula is C11H14N2O3. The lowest BCUT2D eigenvalue weighted by atomic mass is 10.2. The fraction of sp³-hybridized carbons (Fsp3) is 0.545. The van der Waals surface area contributed by atoms with Gasteiger partial charge in [0.15, 0.2) is 0 Å². The second-order valence-corrected chi connectivity index (χ2v) is 3.79. The molecule has 1 aliphatic heterocycles. The Morgan fingerprint density at radius 1 is 1.56 bits per heavy atom. The van der Waals surface area contributed by atoms with Crippen LogP contribution in [0.4, 0.5) is 0 Å². The van der Waals surface area contributed by atoms with Crippen molar-refractivity contribution >= 4 is 0 Å². The molecule has 16 heavy (non-hydrogen) atoms. The molecule has 1 aliphatic rings. The Morgan fingerprint density at radius 3 is 3.12 bits per heavy atom. The number of hydrogen-bond donors (Lipinski definition) is 1. The molecule has 1 unspecified atom stereocenters. The molecule has 1 aromatic rings. The number of rotatable bonds is 3. The minimum atomic E-state index is -0.112. The largest absolute Gasteiger partial charge is 0.449 e. The highest BCUT2D eigenvalue weighted by Crippen LogP contribution is 2.12. The lowest BCUT2D eigenvalue weighted by Gasteiger charge is -2.31. The zero-order valence-corrected chi connectivity index (χ0v) is 8.93. The number of morpholine rings is 1. The fourth-order valence-electron chi connectivity index (χ4n) is 1.78. The Balaban J connectivity index is 1.91. The van der Waals surface area contributed by atoms with Crippen LogP contribution in [0, 0.1) is 11.3 Å². The molecular weight excluding hydrogens is 208 g/mol. The number of aliphatic hydroxyl groups excluding tert-OH is 1. The van der Waals surface area contributed by atoms with Crippen molar-refractivity contribution in [1.29, 1.82) is 5.26 Å². The van der Waals surface area contributed by atoms with Gasteiger partial charge in [-0.2, -0.15) is 5.26 Å². The van der Waals surface area contributed by atoms with Crippen LogP contribution in [0.15, 0.2) is 16.5 Å². The third kappa shape index (κ3) is 2.61. The van der Waals surface area contributed by atoms with Crippen molar-refractivity contribution in [2.24, 2.45) is 0 Å². The van der Waals surface area contributed by atoms with Gasteiger partial charge >= 0.3 is 0 Å². The summed E-state index contributed by atoms with van der Waals surface area (Å²) in [5.41, 5.74) is 0. The molecule has 1 saturated heterocycles. The molecule has 0 saturated carbocycles. The number of aliphatic hydroxyl groups is 1. The summed E-state index contributed by atoms with van der Waals surface area (Å²) >= 11 is 0. The Labute approximate surface area is 93.8 Å². The summed E-state index contributed by atoms with van der Waals surface area (Å²) in [5.74, 6) is 1.11. The summed E-state index contributed by atoms with van der Waals surface area (Å²) in [6, 6.07) is 5.43. The molecule has 2 rings (SSSR count). The highest BCUT2D eigenvalue weighted by Gasteiger charge is 2.20. The van der Waals surface area contributed by atoms with Crippen LogP contribution in [0.25, 0.3) is 0 Å². The first-order chi connectivity index (χ1) is 7.81. The minimum Gasteiger partial charge on any atom is -0.449 e. The summed E-state index contributed by atoms with van der Waals surface area (Å²) in [6.07, 6.45) is -0.112. The normalized spacial score (nSPS) is 21.9. The van der Waals surface area contributed by atoms with Gasteiger partial charge in [0.25, 0.3) is 0 Å². The summed E-state index contributed by atoms with van der Waals surface area (Å²) in [4.78, 5) is 2.14. The molecule has 5 nitrogen and oxygen atoms in total. The van der Waals surface area contributed by atoms with Crippen LogP contribution < -0.4 is 0 Å². The van der Waals surface area contributed by atoms with Gasteiger partial charge in [-0.05, 0) is 12.1 Å². The van der Waals surface area contributed by atoms with Crippen LogP contribution in [0.3, 0.4) is 0 Å². The first kappa shape index (κ1) is 11.1. The highest BCUT2D eigenvalue weighted by atomic mass is 16.5. The van der Waals surface area contributed by atoms with Crippen molar-refractivity contribution in [1.82, 2.24) is 4.90 Å². The molecule has 0 aliphatic carbocycles. The van der Waals surface area contributed by atoms with E-state index in [1.165, 1.54) is 0 Å². The van der Waals surface area contributed by atoms with E-state index in [0.29, 0.717) is 25.5 Å². The minimum absolute atomic E-state index is 0.0398. The highest BCUT2D eigenvalue weighted by molar-refractivity contribution is 5.19. The molecule has 0 spiro atoms. The van der Waals surface area contributed by atoms with Gasteiger partial charge in [0.05, 0.1) is 25.9 Å². The molecule has 1 aromatic heterocycles. The SMILES string of the molecule is N#Cc1ccc(CN2CCOC(CO)C2)o1. The molecule has 1 N–H and O–H groups in total. The first-order valence-electron chi connectivity index (χ1n) is 5.25. The monoisotopic (exact) mass is 222 g/mol. The van der Waals surface area contributed by atoms with Crippen LogP contribution >= 0.6 is 0 Å². The maximum Gasteiger partial charge on any atom is 0.203 e. The molecule has 1 fully saturated rings. The van der Waals surface area contributed by atoms with E-state index in [0.717, 1.165) is 12.3 Å². The first-order valence-corrected chi connectivity index (χ1v) is 5.25. The van der Waals surface area contributed by atoms with Crippen LogP contribution in [0.5, 0.6) is 0 Å². The van der Waals surface area contributed by atoms with Gasteiger partial charge in [-0.15, -0.1) is 0 Å². The molecule has 0 radical (unpaired) electrons. The molecule has 5 heteroatoms. The van der Waals surface area contributed by atoms with Gasteiger partial charge in [0.1, 0.15) is 11.8 Å². The van der Waals surface area contributed by atoms with Crippen molar-refractivity contribution in [2.45, 2.75) is 12.6 Å². The Hall–Kier alpha value is -1.35. The average Bonchev–Trinajstić information content (AvgIpc) is 2.77. The Bertz CT molecular complexity index is 383. The van der Waals surface area contributed by atoms with E-state index >= 15 is 0 Å². The number of ether oxygens (including phenoxy) is 1. The second kappa shape index (κ2) is 5.12. The predicted molar refractivity (Wildman–Crippen MR) is 55.5 cm³/mol. The number of furan rings is 1. The molecule has 1 atom stereocenters. The number of nitrogens with zero attached hydrogens (tertiary/aromatic N) is 2. The summed E-state index contributed by atoms with van der Waals surface area (Å²) in [7, 11) is 0. The molecule has 2 heterocycles. The maximum absolute atomic E-state index is 9.00. The molecule has 86 valence electrons. The lowest BCUT2D eigenvalue weighted by molar-refractivity contribution is -0.0564. The van der Waals surface area contributed by atoms with Gasteiger partial charge in [-0.25, -0.2) is 0 Å². The third-order valence-electron chi connectivity index (χ3n) is 2.58. The van der Waals surface area contributed by atoms with Crippen LogP contribution in [-0.2, 0) is 11.3 Å². The van der Waals surface area contributed by atoms with Crippen molar-refractivity contribution in [3.63, 3.8) is 0 Å². The summed E-state index contributed by atoms with van der Waals surface area (Å²) in [6.45, 7) is 2.83. The quantitative estimate of drug-likeness (QED) is 0.798. The van der Waals surface area contributed by atoms with E-state index in [4.69, 9.17) is 19.5 Å². The Morgan fingerprint density at radius 2 is 2.44 bits per heavy atom. The smallest absolute Gasteiger partial charge is 0.203 e. The summed E-state index contributed by atoms with van der Waals surface area (Å²) < 4.78 is 10.6. The number of nitriles is 1. The average molecular weight is 222 g/mol. The second-order valence-electron chi connectivity index (χ2n) is 3.79. The predicted octanol–water partition coefficient (Wildman–Crippen LogP) is 0.344. The fourth-order valence-corrected chi connectivity index (χ4v) is 1.78. The van der Waals surface area contributed by atoms with Crippen LogP contribution in [0.2, 0.25) is 0 Å². The third-order valence-corrected chi connectivity index (χ3v) is 2.58. The lowest BCUT2D eigenvalue weighted by Crippen LogP contribution is -2.43. The van der Waals surface area contributed by atoms with Crippen molar-refractivity contribution in [2.75, 3.05) is 26.3 Å². The van der Waals surface area contributed by atoms with Gasteiger partial charge in [0, 0.05) is 13.1 Å². The molecule has 0 bridgehead atoms. The van der Waals surface area contributed by atoms with Gasteiger partial charge in [-0.1, -0.05) is 0 Å². The number of hydrogen-bond acceptors (Lipinski definition) is 5. The zero-order valence-electron chi connectivity index (χ0n) is 8.93. The van der Waals surface area contributed by atoms with Crippen LogP contribution in [0.1, 0.15) is 11.5 Å². The van der Waals surface area contributed by atoms with E-state index < -0.39 is 0 Å². The standard InChI is InChI=1S/C11H14N2O3/c12-5-9-1-2-10(16-9)6-13-3-4-15-11(7-13)8-14/h1-2,11,14H,3-4,6-8H2. The van der Waals surface area contributed by atoms with Crippen LogP contribution in [-0.4, -0.2) is 42.4 Å². The van der Waals surface area contributed by atoms with Crippen molar-refractivity contribution < 1.29 is 14.3 Å². The van der Waals surface area contributed by atoms with E-state index in [2.05, 4.69) is 4.90 Å². The van der Waals surface area contributed by atoms with E-state index in [1.54, 1.807) is 6.07 Å². The molecule has 0 amide bonds. The maximum atomic E-state index is 9.00. The Kier molecular flexibility index (Phi) is 3.57. The molecule has 0 aromatic carbocycles. The van der Waals surface area contributed by atoms with Gasteiger partial charge in [-0.3, -0.25) is 4.90 Å². The van der Waals surface area contributed by atoms with E-state index in [9.17, 15) is 0 Å². The van der Waals surface area contributed by atoms with Crippen molar-refractivity contribution in [3.05, 3.63) is 23.7 Å². The van der Waals surface area contributed by atoms with E-state index in [-0.39, 0.29) is 12.7 Å². The topological polar surface area (TPSA) is 69.6 Å². The van der Waals surface area contributed by atoms with E-state index in [1.807, 2.05) is 12.1 Å². The van der Waals surface area contributed by atoms with Gasteiger partial charge < -0.3 is 14.3 Å². The summed E-state index contributed by atoms with van der Waals surface area (Å²) in [5, 5.41) is 17.6. The van der Waals surface area contributed by atoms with Gasteiger partial charge in [0.2, 0.25) is 5.76 Å². The zero-order chi connectivity index (χ0) is 11.4. The van der Waals surface area contributed by atoms with Crippen molar-refractivity contribution in [3.8, 4) is 6.07 Å².